The molecule has 0 radical (unpaired) electrons. The summed E-state index contributed by atoms with van der Waals surface area (Å²) in [6, 6.07) is 0. The number of likely N-dealkylation sites (N-methyl/N-ethyl adjacent to an activating group) is 2. The average molecular weight is 257 g/mol. The number of carbonyl (C=O) groups excluding carboxylic acids is 2. The highest BCUT2D eigenvalue weighted by atomic mass is 16.5. The highest BCUT2D eigenvalue weighted by Gasteiger charge is 2.40. The van der Waals surface area contributed by atoms with Crippen LogP contribution in [0.3, 0.4) is 0 Å². The molecule has 6 heteroatoms. The second kappa shape index (κ2) is 6.15. The van der Waals surface area contributed by atoms with Gasteiger partial charge in [-0.1, -0.05) is 0 Å². The first-order valence-corrected chi connectivity index (χ1v) is 6.34. The minimum absolute atomic E-state index is 0.0571. The van der Waals surface area contributed by atoms with Crippen molar-refractivity contribution < 1.29 is 14.3 Å². The molecule has 1 saturated heterocycles. The van der Waals surface area contributed by atoms with E-state index in [1.54, 1.807) is 11.9 Å². The SMILES string of the molecule is CCN(CC)C(=O)CN(C)C(=O)C1(N)CCOC1. The largest absolute Gasteiger partial charge is 0.379 e. The fourth-order valence-corrected chi connectivity index (χ4v) is 2.08. The maximum absolute atomic E-state index is 12.2. The van der Waals surface area contributed by atoms with Gasteiger partial charge in [0.2, 0.25) is 11.8 Å². The van der Waals surface area contributed by atoms with E-state index in [0.717, 1.165) is 0 Å². The fraction of sp³-hybridized carbons (Fsp3) is 0.833. The lowest BCUT2D eigenvalue weighted by atomic mass is 9.98. The molecule has 104 valence electrons. The molecule has 0 aliphatic carbocycles. The predicted molar refractivity (Wildman–Crippen MR) is 67.9 cm³/mol. The first-order chi connectivity index (χ1) is 8.44. The van der Waals surface area contributed by atoms with Crippen molar-refractivity contribution in [1.29, 1.82) is 0 Å². The molecule has 1 atom stereocenters. The van der Waals surface area contributed by atoms with Gasteiger partial charge in [0.25, 0.3) is 0 Å². The van der Waals surface area contributed by atoms with Crippen molar-refractivity contribution in [1.82, 2.24) is 9.80 Å². The zero-order valence-corrected chi connectivity index (χ0v) is 11.4. The first-order valence-electron chi connectivity index (χ1n) is 6.34. The van der Waals surface area contributed by atoms with E-state index in [9.17, 15) is 9.59 Å². The molecule has 1 aliphatic rings. The molecular weight excluding hydrogens is 234 g/mol. The van der Waals surface area contributed by atoms with Crippen molar-refractivity contribution in [2.24, 2.45) is 5.73 Å². The van der Waals surface area contributed by atoms with Crippen LogP contribution in [-0.2, 0) is 14.3 Å². The molecule has 0 bridgehead atoms. The topological polar surface area (TPSA) is 75.9 Å². The van der Waals surface area contributed by atoms with E-state index in [2.05, 4.69) is 0 Å². The summed E-state index contributed by atoms with van der Waals surface area (Å²) >= 11 is 0. The van der Waals surface area contributed by atoms with Gasteiger partial charge >= 0.3 is 0 Å². The van der Waals surface area contributed by atoms with Gasteiger partial charge in [0.1, 0.15) is 5.54 Å². The van der Waals surface area contributed by atoms with E-state index in [4.69, 9.17) is 10.5 Å². The van der Waals surface area contributed by atoms with Crippen LogP contribution in [0.25, 0.3) is 0 Å². The van der Waals surface area contributed by atoms with Crippen molar-refractivity contribution >= 4 is 11.8 Å². The number of hydrogen-bond acceptors (Lipinski definition) is 4. The van der Waals surface area contributed by atoms with Crippen LogP contribution in [0.5, 0.6) is 0 Å². The summed E-state index contributed by atoms with van der Waals surface area (Å²) in [5, 5.41) is 0. The van der Waals surface area contributed by atoms with Crippen LogP contribution in [0.4, 0.5) is 0 Å². The van der Waals surface area contributed by atoms with Crippen molar-refractivity contribution in [2.75, 3.05) is 39.9 Å². The van der Waals surface area contributed by atoms with Gasteiger partial charge < -0.3 is 20.3 Å². The quantitative estimate of drug-likeness (QED) is 0.715. The smallest absolute Gasteiger partial charge is 0.245 e. The Morgan fingerprint density at radius 3 is 2.39 bits per heavy atom. The molecule has 0 spiro atoms. The Bertz CT molecular complexity index is 310. The molecule has 0 aromatic heterocycles. The van der Waals surface area contributed by atoms with E-state index in [1.807, 2.05) is 13.8 Å². The summed E-state index contributed by atoms with van der Waals surface area (Å²) in [4.78, 5) is 27.1. The molecule has 2 N–H and O–H groups in total. The number of ether oxygens (including phenoxy) is 1. The zero-order valence-electron chi connectivity index (χ0n) is 11.4. The van der Waals surface area contributed by atoms with Gasteiger partial charge in [0.05, 0.1) is 13.2 Å². The Balaban J connectivity index is 2.57. The summed E-state index contributed by atoms with van der Waals surface area (Å²) < 4.78 is 5.16. The van der Waals surface area contributed by atoms with Crippen LogP contribution in [-0.4, -0.2) is 67.0 Å². The Morgan fingerprint density at radius 2 is 1.94 bits per heavy atom. The summed E-state index contributed by atoms with van der Waals surface area (Å²) in [7, 11) is 1.61. The predicted octanol–water partition coefficient (Wildman–Crippen LogP) is -0.569. The van der Waals surface area contributed by atoms with Gasteiger partial charge in [-0.25, -0.2) is 0 Å². The van der Waals surface area contributed by atoms with Crippen LogP contribution in [0.1, 0.15) is 20.3 Å². The van der Waals surface area contributed by atoms with Crippen LogP contribution in [0.2, 0.25) is 0 Å². The van der Waals surface area contributed by atoms with Crippen LogP contribution >= 0.6 is 0 Å². The number of hydrogen-bond donors (Lipinski definition) is 1. The average Bonchev–Trinajstić information content (AvgIpc) is 2.78. The van der Waals surface area contributed by atoms with Crippen molar-refractivity contribution in [3.8, 4) is 0 Å². The van der Waals surface area contributed by atoms with E-state index in [-0.39, 0.29) is 25.0 Å². The third-order valence-corrected chi connectivity index (χ3v) is 3.31. The molecule has 0 saturated carbocycles. The van der Waals surface area contributed by atoms with Crippen LogP contribution in [0.15, 0.2) is 0 Å². The monoisotopic (exact) mass is 257 g/mol. The van der Waals surface area contributed by atoms with E-state index in [0.29, 0.717) is 26.1 Å². The third kappa shape index (κ3) is 3.20. The van der Waals surface area contributed by atoms with Crippen molar-refractivity contribution in [3.63, 3.8) is 0 Å². The normalized spacial score (nSPS) is 22.9. The summed E-state index contributed by atoms with van der Waals surface area (Å²) in [6.07, 6.45) is 0.510. The lowest BCUT2D eigenvalue weighted by Crippen LogP contribution is -2.56. The second-order valence-electron chi connectivity index (χ2n) is 4.69. The minimum Gasteiger partial charge on any atom is -0.379 e. The van der Waals surface area contributed by atoms with Gasteiger partial charge in [0, 0.05) is 26.7 Å². The van der Waals surface area contributed by atoms with Gasteiger partial charge in [-0.15, -0.1) is 0 Å². The van der Waals surface area contributed by atoms with E-state index >= 15 is 0 Å². The Labute approximate surface area is 108 Å². The minimum atomic E-state index is -0.960. The standard InChI is InChI=1S/C12H23N3O3/c1-4-15(5-2)10(16)8-14(3)11(17)12(13)6-7-18-9-12/h4-9,13H2,1-3H3. The van der Waals surface area contributed by atoms with Gasteiger partial charge in [0.15, 0.2) is 0 Å². The fourth-order valence-electron chi connectivity index (χ4n) is 2.08. The molecule has 1 rings (SSSR count). The zero-order chi connectivity index (χ0) is 13.8. The van der Waals surface area contributed by atoms with Crippen molar-refractivity contribution in [3.05, 3.63) is 0 Å². The van der Waals surface area contributed by atoms with Gasteiger partial charge in [-0.3, -0.25) is 9.59 Å². The van der Waals surface area contributed by atoms with Gasteiger partial charge in [-0.05, 0) is 20.3 Å². The molecule has 1 aliphatic heterocycles. The van der Waals surface area contributed by atoms with Crippen LogP contribution in [0, 0.1) is 0 Å². The lowest BCUT2D eigenvalue weighted by Gasteiger charge is -2.29. The molecule has 0 aromatic rings. The van der Waals surface area contributed by atoms with Crippen LogP contribution < -0.4 is 5.73 Å². The Hall–Kier alpha value is -1.14. The van der Waals surface area contributed by atoms with E-state index in [1.165, 1.54) is 4.90 Å². The molecule has 0 aromatic carbocycles. The van der Waals surface area contributed by atoms with E-state index < -0.39 is 5.54 Å². The maximum atomic E-state index is 12.2. The molecule has 6 nitrogen and oxygen atoms in total. The van der Waals surface area contributed by atoms with Gasteiger partial charge in [-0.2, -0.15) is 0 Å². The molecule has 2 amide bonds. The highest BCUT2D eigenvalue weighted by Crippen LogP contribution is 2.17. The number of nitrogens with zero attached hydrogens (tertiary/aromatic N) is 2. The number of nitrogens with two attached hydrogens (primary N) is 1. The molecular formula is C12H23N3O3. The Morgan fingerprint density at radius 1 is 1.33 bits per heavy atom. The van der Waals surface area contributed by atoms with Crippen molar-refractivity contribution in [2.45, 2.75) is 25.8 Å². The molecule has 18 heavy (non-hydrogen) atoms. The molecule has 1 heterocycles. The summed E-state index contributed by atoms with van der Waals surface area (Å²) in [5.41, 5.74) is 5.02. The second-order valence-corrected chi connectivity index (χ2v) is 4.69. The molecule has 1 fully saturated rings. The summed E-state index contributed by atoms with van der Waals surface area (Å²) in [6.45, 7) is 5.93. The lowest BCUT2D eigenvalue weighted by molar-refractivity contribution is -0.142. The number of rotatable bonds is 5. The number of carbonyl (C=O) groups is 2. The highest BCUT2D eigenvalue weighted by molar-refractivity contribution is 5.90. The molecule has 1 unspecified atom stereocenters. The summed E-state index contributed by atoms with van der Waals surface area (Å²) in [5.74, 6) is -0.279. The first kappa shape index (κ1) is 14.9. The maximum Gasteiger partial charge on any atom is 0.245 e. The third-order valence-electron chi connectivity index (χ3n) is 3.31. The number of amides is 2. The Kier molecular flexibility index (Phi) is 5.10.